The van der Waals surface area contributed by atoms with Crippen molar-refractivity contribution < 1.29 is 4.79 Å². The van der Waals surface area contributed by atoms with Crippen molar-refractivity contribution in [3.8, 4) is 0 Å². The summed E-state index contributed by atoms with van der Waals surface area (Å²) in [5, 5.41) is 0. The molecule has 0 N–H and O–H groups in total. The second-order valence-corrected chi connectivity index (χ2v) is 7.72. The highest BCUT2D eigenvalue weighted by atomic mass is 16.2. The molecule has 144 valence electrons. The third-order valence-electron chi connectivity index (χ3n) is 5.76. The maximum absolute atomic E-state index is 12.9. The van der Waals surface area contributed by atoms with Crippen molar-refractivity contribution in [2.45, 2.75) is 25.8 Å². The van der Waals surface area contributed by atoms with Crippen molar-refractivity contribution in [2.24, 2.45) is 0 Å². The summed E-state index contributed by atoms with van der Waals surface area (Å²) in [4.78, 5) is 19.8. The number of benzene rings is 3. The van der Waals surface area contributed by atoms with Crippen LogP contribution in [0, 0.1) is 6.92 Å². The van der Waals surface area contributed by atoms with E-state index in [0.29, 0.717) is 13.0 Å². The van der Waals surface area contributed by atoms with Gasteiger partial charge in [-0.25, -0.2) is 4.98 Å². The zero-order valence-electron chi connectivity index (χ0n) is 16.5. The predicted molar refractivity (Wildman–Crippen MR) is 116 cm³/mol. The quantitative estimate of drug-likeness (QED) is 0.504. The van der Waals surface area contributed by atoms with Crippen molar-refractivity contribution in [3.63, 3.8) is 0 Å². The molecule has 3 aromatic carbocycles. The number of fused-ring (bicyclic) bond motifs is 1. The van der Waals surface area contributed by atoms with Crippen LogP contribution in [0.15, 0.2) is 78.9 Å². The van der Waals surface area contributed by atoms with E-state index in [1.807, 2.05) is 35.2 Å². The molecule has 1 aromatic heterocycles. The highest BCUT2D eigenvalue weighted by molar-refractivity contribution is 5.97. The van der Waals surface area contributed by atoms with Gasteiger partial charge < -0.3 is 9.47 Å². The average molecular weight is 381 g/mol. The van der Waals surface area contributed by atoms with Crippen molar-refractivity contribution >= 4 is 22.6 Å². The fourth-order valence-corrected chi connectivity index (χ4v) is 4.32. The molecule has 1 aliphatic heterocycles. The number of nitrogens with zero attached hydrogens (tertiary/aromatic N) is 3. The van der Waals surface area contributed by atoms with E-state index in [1.54, 1.807) is 0 Å². The second kappa shape index (κ2) is 7.21. The van der Waals surface area contributed by atoms with Crippen LogP contribution >= 0.6 is 0 Å². The number of para-hydroxylation sites is 3. The summed E-state index contributed by atoms with van der Waals surface area (Å²) in [6.45, 7) is 3.48. The van der Waals surface area contributed by atoms with E-state index in [2.05, 4.69) is 60.0 Å². The van der Waals surface area contributed by atoms with E-state index in [1.165, 1.54) is 5.56 Å². The monoisotopic (exact) mass is 381 g/mol. The first-order chi connectivity index (χ1) is 14.2. The highest BCUT2D eigenvalue weighted by Crippen LogP contribution is 2.34. The van der Waals surface area contributed by atoms with Gasteiger partial charge in [0, 0.05) is 31.1 Å². The minimum absolute atomic E-state index is 0.0817. The van der Waals surface area contributed by atoms with Crippen LogP contribution in [-0.2, 0) is 11.3 Å². The first-order valence-electron chi connectivity index (χ1n) is 10.1. The van der Waals surface area contributed by atoms with E-state index in [4.69, 9.17) is 4.98 Å². The normalized spacial score (nSPS) is 16.7. The second-order valence-electron chi connectivity index (χ2n) is 7.72. The van der Waals surface area contributed by atoms with E-state index in [0.717, 1.165) is 34.7 Å². The van der Waals surface area contributed by atoms with Crippen molar-refractivity contribution in [2.75, 3.05) is 11.4 Å². The molecule has 4 aromatic rings. The minimum atomic E-state index is 0.0817. The van der Waals surface area contributed by atoms with Crippen LogP contribution in [0.1, 0.15) is 29.3 Å². The van der Waals surface area contributed by atoms with Gasteiger partial charge in [0.15, 0.2) is 0 Å². The van der Waals surface area contributed by atoms with Gasteiger partial charge in [-0.05, 0) is 36.2 Å². The van der Waals surface area contributed by atoms with Gasteiger partial charge in [-0.15, -0.1) is 0 Å². The van der Waals surface area contributed by atoms with Crippen LogP contribution in [0.5, 0.6) is 0 Å². The Hall–Kier alpha value is -3.40. The zero-order valence-corrected chi connectivity index (χ0v) is 16.5. The lowest BCUT2D eigenvalue weighted by Crippen LogP contribution is -2.25. The largest absolute Gasteiger partial charge is 0.323 e. The molecule has 1 atom stereocenters. The molecular formula is C25H23N3O. The topological polar surface area (TPSA) is 38.1 Å². The maximum atomic E-state index is 12.9. The van der Waals surface area contributed by atoms with Crippen molar-refractivity contribution in [3.05, 3.63) is 95.8 Å². The molecule has 2 heterocycles. The number of imidazole rings is 1. The predicted octanol–water partition coefficient (Wildman–Crippen LogP) is 4.91. The summed E-state index contributed by atoms with van der Waals surface area (Å²) in [6.07, 6.45) is 0.493. The summed E-state index contributed by atoms with van der Waals surface area (Å²) in [5.41, 5.74) is 5.47. The molecule has 0 radical (unpaired) electrons. The van der Waals surface area contributed by atoms with Gasteiger partial charge in [-0.1, -0.05) is 60.7 Å². The Balaban J connectivity index is 1.54. The lowest BCUT2D eigenvalue weighted by Gasteiger charge is -2.19. The van der Waals surface area contributed by atoms with Crippen molar-refractivity contribution in [1.29, 1.82) is 0 Å². The summed E-state index contributed by atoms with van der Waals surface area (Å²) in [5.74, 6) is 1.25. The van der Waals surface area contributed by atoms with Gasteiger partial charge in [0.1, 0.15) is 5.82 Å². The molecule has 29 heavy (non-hydrogen) atoms. The van der Waals surface area contributed by atoms with Crippen LogP contribution in [0.25, 0.3) is 11.0 Å². The Morgan fingerprint density at radius 1 is 0.931 bits per heavy atom. The molecule has 0 aliphatic carbocycles. The molecule has 4 nitrogen and oxygen atoms in total. The van der Waals surface area contributed by atoms with Crippen LogP contribution in [-0.4, -0.2) is 22.0 Å². The molecule has 1 amide bonds. The highest BCUT2D eigenvalue weighted by Gasteiger charge is 2.35. The standard InChI is InChI=1S/C25H23N3O/c1-18-9-5-7-13-22(18)27-17-20(15-24(27)29)25-26-21-12-6-8-14-23(21)28(25)16-19-10-3-2-4-11-19/h2-14,20H,15-17H2,1H3/t20-/m0/s1. The summed E-state index contributed by atoms with van der Waals surface area (Å²) < 4.78 is 2.28. The van der Waals surface area contributed by atoms with Crippen molar-refractivity contribution in [1.82, 2.24) is 9.55 Å². The maximum Gasteiger partial charge on any atom is 0.227 e. The molecule has 0 spiro atoms. The number of rotatable bonds is 4. The fraction of sp³-hybridized carbons (Fsp3) is 0.200. The van der Waals surface area contributed by atoms with Crippen LogP contribution < -0.4 is 4.90 Å². The Bertz CT molecular complexity index is 1180. The van der Waals surface area contributed by atoms with Gasteiger partial charge in [-0.2, -0.15) is 0 Å². The van der Waals surface area contributed by atoms with Gasteiger partial charge in [-0.3, -0.25) is 4.79 Å². The van der Waals surface area contributed by atoms with E-state index in [-0.39, 0.29) is 11.8 Å². The van der Waals surface area contributed by atoms with Crippen LogP contribution in [0.3, 0.4) is 0 Å². The van der Waals surface area contributed by atoms with Gasteiger partial charge >= 0.3 is 0 Å². The van der Waals surface area contributed by atoms with Crippen LogP contribution in [0.4, 0.5) is 5.69 Å². The Morgan fingerprint density at radius 3 is 2.48 bits per heavy atom. The summed E-state index contributed by atoms with van der Waals surface area (Å²) in [6, 6.07) is 26.8. The number of aromatic nitrogens is 2. The van der Waals surface area contributed by atoms with E-state index in [9.17, 15) is 4.79 Å². The lowest BCUT2D eigenvalue weighted by molar-refractivity contribution is -0.117. The van der Waals surface area contributed by atoms with Crippen LogP contribution in [0.2, 0.25) is 0 Å². The third-order valence-corrected chi connectivity index (χ3v) is 5.76. The fourth-order valence-electron chi connectivity index (χ4n) is 4.32. The number of amides is 1. The Labute approximate surface area is 170 Å². The number of carbonyl (C=O) groups excluding carboxylic acids is 1. The molecule has 1 fully saturated rings. The Kier molecular flexibility index (Phi) is 4.39. The number of hydrogen-bond acceptors (Lipinski definition) is 2. The lowest BCUT2D eigenvalue weighted by atomic mass is 10.1. The molecule has 0 bridgehead atoms. The molecule has 1 saturated heterocycles. The number of hydrogen-bond donors (Lipinski definition) is 0. The number of carbonyl (C=O) groups is 1. The molecule has 5 rings (SSSR count). The minimum Gasteiger partial charge on any atom is -0.323 e. The van der Waals surface area contributed by atoms with Gasteiger partial charge in [0.2, 0.25) is 5.91 Å². The third kappa shape index (κ3) is 3.21. The zero-order chi connectivity index (χ0) is 19.8. The smallest absolute Gasteiger partial charge is 0.227 e. The average Bonchev–Trinajstić information content (AvgIpc) is 3.30. The molecule has 1 aliphatic rings. The first kappa shape index (κ1) is 17.7. The van der Waals surface area contributed by atoms with E-state index < -0.39 is 0 Å². The Morgan fingerprint density at radius 2 is 1.66 bits per heavy atom. The first-order valence-corrected chi connectivity index (χ1v) is 10.1. The summed E-state index contributed by atoms with van der Waals surface area (Å²) >= 11 is 0. The molecule has 4 heteroatoms. The number of aryl methyl sites for hydroxylation is 1. The molecule has 0 saturated carbocycles. The SMILES string of the molecule is Cc1ccccc1N1C[C@@H](c2nc3ccccc3n2Cc2ccccc2)CC1=O. The number of anilines is 1. The summed E-state index contributed by atoms with van der Waals surface area (Å²) in [7, 11) is 0. The van der Waals surface area contributed by atoms with Gasteiger partial charge in [0.25, 0.3) is 0 Å². The molecule has 0 unspecified atom stereocenters. The molecular weight excluding hydrogens is 358 g/mol. The van der Waals surface area contributed by atoms with E-state index >= 15 is 0 Å². The van der Waals surface area contributed by atoms with Gasteiger partial charge in [0.05, 0.1) is 11.0 Å².